The number of aromatic nitrogens is 2. The Kier molecular flexibility index (Phi) is 4.52. The molecule has 120 valence electrons. The molecule has 1 N–H and O–H groups in total. The number of rotatable bonds is 5. The number of ether oxygens (including phenoxy) is 1. The van der Waals surface area contributed by atoms with Gasteiger partial charge >= 0.3 is 5.97 Å². The van der Waals surface area contributed by atoms with Crippen LogP contribution in [0.3, 0.4) is 0 Å². The van der Waals surface area contributed by atoms with E-state index in [0.717, 1.165) is 5.56 Å². The molecule has 1 aromatic heterocycles. The second-order valence-electron chi connectivity index (χ2n) is 5.29. The molecule has 0 unspecified atom stereocenters. The molecule has 1 heterocycles. The van der Waals surface area contributed by atoms with Gasteiger partial charge in [-0.05, 0) is 30.7 Å². The number of para-hydroxylation sites is 1. The van der Waals surface area contributed by atoms with E-state index < -0.39 is 5.97 Å². The number of hydrogen-bond donors (Lipinski definition) is 1. The normalized spacial score (nSPS) is 10.4. The van der Waals surface area contributed by atoms with Crippen molar-refractivity contribution in [3.05, 3.63) is 77.6 Å². The molecule has 0 atom stereocenters. The molecule has 0 bridgehead atoms. The van der Waals surface area contributed by atoms with Gasteiger partial charge in [-0.25, -0.2) is 14.8 Å². The lowest BCUT2D eigenvalue weighted by molar-refractivity contribution is 0.0690. The number of nitrogens with zero attached hydrogens (tertiary/aromatic N) is 2. The highest BCUT2D eigenvalue weighted by atomic mass is 16.5. The maximum Gasteiger partial charge on any atom is 0.354 e. The third kappa shape index (κ3) is 3.57. The summed E-state index contributed by atoms with van der Waals surface area (Å²) in [4.78, 5) is 19.7. The van der Waals surface area contributed by atoms with Crippen molar-refractivity contribution < 1.29 is 14.6 Å². The van der Waals surface area contributed by atoms with Crippen molar-refractivity contribution in [1.29, 1.82) is 0 Å². The summed E-state index contributed by atoms with van der Waals surface area (Å²) in [6, 6.07) is 18.6. The van der Waals surface area contributed by atoms with Crippen molar-refractivity contribution in [3.8, 4) is 17.1 Å². The van der Waals surface area contributed by atoms with E-state index in [4.69, 9.17) is 4.74 Å². The predicted octanol–water partition coefficient (Wildman–Crippen LogP) is 3.73. The van der Waals surface area contributed by atoms with E-state index in [-0.39, 0.29) is 5.69 Å². The minimum Gasteiger partial charge on any atom is -0.488 e. The average molecular weight is 320 g/mol. The first-order valence-electron chi connectivity index (χ1n) is 7.48. The Labute approximate surface area is 139 Å². The lowest BCUT2D eigenvalue weighted by atomic mass is 10.1. The van der Waals surface area contributed by atoms with Gasteiger partial charge < -0.3 is 9.84 Å². The Balaban J connectivity index is 1.93. The molecule has 5 heteroatoms. The third-order valence-electron chi connectivity index (χ3n) is 3.44. The van der Waals surface area contributed by atoms with Gasteiger partial charge in [-0.15, -0.1) is 0 Å². The number of benzene rings is 2. The molecule has 0 aliphatic rings. The fourth-order valence-corrected chi connectivity index (χ4v) is 2.31. The van der Waals surface area contributed by atoms with Gasteiger partial charge in [0.25, 0.3) is 0 Å². The van der Waals surface area contributed by atoms with Crippen LogP contribution in [0, 0.1) is 6.92 Å². The van der Waals surface area contributed by atoms with Crippen molar-refractivity contribution in [2.75, 3.05) is 0 Å². The number of aryl methyl sites for hydroxylation is 1. The second kappa shape index (κ2) is 6.91. The predicted molar refractivity (Wildman–Crippen MR) is 89.9 cm³/mol. The lowest BCUT2D eigenvalue weighted by Gasteiger charge is -2.11. The average Bonchev–Trinajstić information content (AvgIpc) is 2.60. The molecule has 0 aliphatic heterocycles. The van der Waals surface area contributed by atoms with Gasteiger partial charge in [0.2, 0.25) is 0 Å². The Hall–Kier alpha value is -3.21. The monoisotopic (exact) mass is 320 g/mol. The number of aromatic carboxylic acids is 1. The van der Waals surface area contributed by atoms with Gasteiger partial charge in [0.15, 0.2) is 11.5 Å². The van der Waals surface area contributed by atoms with Crippen LogP contribution in [0.2, 0.25) is 0 Å². The highest BCUT2D eigenvalue weighted by Crippen LogP contribution is 2.28. The fraction of sp³-hybridized carbons (Fsp3) is 0.105. The van der Waals surface area contributed by atoms with E-state index >= 15 is 0 Å². The molecule has 2 aromatic carbocycles. The minimum absolute atomic E-state index is 0.0321. The molecule has 0 spiro atoms. The van der Waals surface area contributed by atoms with Crippen molar-refractivity contribution in [2.24, 2.45) is 0 Å². The smallest absolute Gasteiger partial charge is 0.354 e. The number of carboxylic acids is 1. The summed E-state index contributed by atoms with van der Waals surface area (Å²) in [5, 5.41) is 9.18. The first-order chi connectivity index (χ1) is 11.6. The summed E-state index contributed by atoms with van der Waals surface area (Å²) in [6.45, 7) is 2.15. The molecule has 0 saturated carbocycles. The number of carboxylic acid groups (broad SMARTS) is 1. The summed E-state index contributed by atoms with van der Waals surface area (Å²) in [5.74, 6) is -0.121. The molecular formula is C19H16N2O3. The molecule has 3 rings (SSSR count). The summed E-state index contributed by atoms with van der Waals surface area (Å²) in [7, 11) is 0. The molecule has 0 saturated heterocycles. The van der Waals surface area contributed by atoms with E-state index in [9.17, 15) is 9.90 Å². The summed E-state index contributed by atoms with van der Waals surface area (Å²) < 4.78 is 5.89. The van der Waals surface area contributed by atoms with Gasteiger partial charge in [0.05, 0.1) is 5.56 Å². The first-order valence-corrected chi connectivity index (χ1v) is 7.48. The lowest BCUT2D eigenvalue weighted by Crippen LogP contribution is -2.05. The maximum atomic E-state index is 11.2. The van der Waals surface area contributed by atoms with Crippen LogP contribution in [0.4, 0.5) is 0 Å². The van der Waals surface area contributed by atoms with E-state index in [1.54, 1.807) is 6.92 Å². The van der Waals surface area contributed by atoms with Crippen LogP contribution in [0.5, 0.6) is 5.75 Å². The van der Waals surface area contributed by atoms with Crippen molar-refractivity contribution in [3.63, 3.8) is 0 Å². The SMILES string of the molecule is Cc1cc(C(=O)O)nc(-c2ccccc2OCc2ccccc2)n1. The molecule has 0 fully saturated rings. The fourth-order valence-electron chi connectivity index (χ4n) is 2.31. The topological polar surface area (TPSA) is 72.3 Å². The summed E-state index contributed by atoms with van der Waals surface area (Å²) in [5.41, 5.74) is 2.27. The molecule has 5 nitrogen and oxygen atoms in total. The highest BCUT2D eigenvalue weighted by Gasteiger charge is 2.13. The van der Waals surface area contributed by atoms with Crippen LogP contribution in [-0.4, -0.2) is 21.0 Å². The zero-order valence-electron chi connectivity index (χ0n) is 13.1. The number of hydrogen-bond acceptors (Lipinski definition) is 4. The standard InChI is InChI=1S/C19H16N2O3/c1-13-11-16(19(22)23)21-18(20-13)15-9-5-6-10-17(15)24-12-14-7-3-2-4-8-14/h2-11H,12H2,1H3,(H,22,23). The molecule has 0 radical (unpaired) electrons. The van der Waals surface area contributed by atoms with Crippen LogP contribution in [0.25, 0.3) is 11.4 Å². The van der Waals surface area contributed by atoms with Gasteiger partial charge in [-0.1, -0.05) is 42.5 Å². The number of carbonyl (C=O) groups is 1. The zero-order valence-corrected chi connectivity index (χ0v) is 13.1. The molecular weight excluding hydrogens is 304 g/mol. The van der Waals surface area contributed by atoms with Gasteiger partial charge in [-0.2, -0.15) is 0 Å². The Morgan fingerprint density at radius 2 is 1.75 bits per heavy atom. The second-order valence-corrected chi connectivity index (χ2v) is 5.29. The van der Waals surface area contributed by atoms with E-state index in [2.05, 4.69) is 9.97 Å². The summed E-state index contributed by atoms with van der Waals surface area (Å²) in [6.07, 6.45) is 0. The maximum absolute atomic E-state index is 11.2. The van der Waals surface area contributed by atoms with Crippen LogP contribution < -0.4 is 4.74 Å². The Morgan fingerprint density at radius 1 is 1.04 bits per heavy atom. The minimum atomic E-state index is -1.08. The molecule has 0 aliphatic carbocycles. The van der Waals surface area contributed by atoms with Crippen molar-refractivity contribution in [1.82, 2.24) is 9.97 Å². The Morgan fingerprint density at radius 3 is 2.50 bits per heavy atom. The van der Waals surface area contributed by atoms with Crippen LogP contribution >= 0.6 is 0 Å². The zero-order chi connectivity index (χ0) is 16.9. The van der Waals surface area contributed by atoms with E-state index in [1.807, 2.05) is 54.6 Å². The third-order valence-corrected chi connectivity index (χ3v) is 3.44. The van der Waals surface area contributed by atoms with Crippen molar-refractivity contribution in [2.45, 2.75) is 13.5 Å². The largest absolute Gasteiger partial charge is 0.488 e. The molecule has 0 amide bonds. The van der Waals surface area contributed by atoms with Gasteiger partial charge in [-0.3, -0.25) is 0 Å². The van der Waals surface area contributed by atoms with Gasteiger partial charge in [0, 0.05) is 5.69 Å². The van der Waals surface area contributed by atoms with Crippen LogP contribution in [0.1, 0.15) is 21.7 Å². The summed E-state index contributed by atoms with van der Waals surface area (Å²) >= 11 is 0. The molecule has 3 aromatic rings. The van der Waals surface area contributed by atoms with Crippen molar-refractivity contribution >= 4 is 5.97 Å². The van der Waals surface area contributed by atoms with E-state index in [0.29, 0.717) is 29.4 Å². The highest BCUT2D eigenvalue weighted by molar-refractivity contribution is 5.86. The van der Waals surface area contributed by atoms with Crippen LogP contribution in [-0.2, 0) is 6.61 Å². The Bertz CT molecular complexity index is 863. The van der Waals surface area contributed by atoms with Gasteiger partial charge in [0.1, 0.15) is 12.4 Å². The quantitative estimate of drug-likeness (QED) is 0.775. The molecule has 24 heavy (non-hydrogen) atoms. The van der Waals surface area contributed by atoms with E-state index in [1.165, 1.54) is 6.07 Å². The van der Waals surface area contributed by atoms with Crippen LogP contribution in [0.15, 0.2) is 60.7 Å². The first kappa shape index (κ1) is 15.7.